The Morgan fingerprint density at radius 1 is 0.871 bits per heavy atom. The van der Waals surface area contributed by atoms with Gasteiger partial charge in [0, 0.05) is 37.4 Å². The van der Waals surface area contributed by atoms with E-state index >= 15 is 0 Å². The summed E-state index contributed by atoms with van der Waals surface area (Å²) >= 11 is 0. The molecule has 0 bridgehead atoms. The normalized spacial score (nSPS) is 17.0. The van der Waals surface area contributed by atoms with Crippen LogP contribution < -0.4 is 4.90 Å². The molecule has 0 atom stereocenters. The first-order valence-corrected chi connectivity index (χ1v) is 11.0. The molecule has 0 spiro atoms. The Labute approximate surface area is 174 Å². The molecule has 12 heteroatoms. The zero-order valence-electron chi connectivity index (χ0n) is 16.1. The predicted molar refractivity (Wildman–Crippen MR) is 99.9 cm³/mol. The molecule has 2 aromatic carbocycles. The highest BCUT2D eigenvalue weighted by atomic mass is 32.2. The van der Waals surface area contributed by atoms with Gasteiger partial charge in [-0.05, 0) is 23.3 Å². The number of carbonyl (C=O) groups excluding carboxylic acids is 1. The maximum atomic E-state index is 14.0. The third kappa shape index (κ3) is 3.63. The molecular weight excluding hydrogens is 445 g/mol. The highest BCUT2D eigenvalue weighted by Crippen LogP contribution is 2.31. The Kier molecular flexibility index (Phi) is 5.16. The molecule has 2 heterocycles. The van der Waals surface area contributed by atoms with Crippen molar-refractivity contribution in [1.29, 1.82) is 0 Å². The smallest absolute Gasteiger partial charge is 0.318 e. The molecule has 2 aliphatic heterocycles. The molecule has 31 heavy (non-hydrogen) atoms. The summed E-state index contributed by atoms with van der Waals surface area (Å²) in [4.78, 5) is 15.0. The number of nitrogens with zero attached hydrogens (tertiary/aromatic N) is 3. The van der Waals surface area contributed by atoms with E-state index in [-0.39, 0.29) is 26.2 Å². The number of benzene rings is 2. The topological polar surface area (TPSA) is 60.9 Å². The summed E-state index contributed by atoms with van der Waals surface area (Å²) < 4.78 is 92.8. The maximum absolute atomic E-state index is 14.0. The van der Waals surface area contributed by atoms with Gasteiger partial charge in [-0.2, -0.15) is 4.31 Å². The predicted octanol–water partition coefficient (Wildman–Crippen LogP) is 3.10. The van der Waals surface area contributed by atoms with E-state index in [0.717, 1.165) is 16.7 Å². The fourth-order valence-electron chi connectivity index (χ4n) is 3.70. The molecule has 0 unspecified atom stereocenters. The van der Waals surface area contributed by atoms with Gasteiger partial charge >= 0.3 is 6.03 Å². The van der Waals surface area contributed by atoms with Gasteiger partial charge in [0.2, 0.25) is 15.8 Å². The van der Waals surface area contributed by atoms with E-state index in [9.17, 15) is 35.2 Å². The number of hydrogen-bond acceptors (Lipinski definition) is 3. The van der Waals surface area contributed by atoms with Gasteiger partial charge in [0.1, 0.15) is 0 Å². The van der Waals surface area contributed by atoms with Gasteiger partial charge in [-0.25, -0.2) is 35.2 Å². The molecular formula is C19H16F5N3O3S. The minimum Gasteiger partial charge on any atom is -0.318 e. The zero-order chi connectivity index (χ0) is 22.7. The van der Waals surface area contributed by atoms with Gasteiger partial charge < -0.3 is 4.90 Å². The first-order valence-electron chi connectivity index (χ1n) is 9.12. The van der Waals surface area contributed by atoms with Crippen molar-refractivity contribution in [2.75, 3.05) is 24.2 Å². The fraction of sp³-hybridized carbons (Fsp3) is 0.316. The largest absolute Gasteiger partial charge is 0.324 e. The third-order valence-electron chi connectivity index (χ3n) is 5.41. The molecule has 0 N–H and O–H groups in total. The zero-order valence-corrected chi connectivity index (χ0v) is 16.9. The van der Waals surface area contributed by atoms with Gasteiger partial charge in [0.15, 0.2) is 23.3 Å². The summed E-state index contributed by atoms with van der Waals surface area (Å²) in [6, 6.07) is 4.29. The molecule has 1 saturated heterocycles. The number of halogens is 5. The van der Waals surface area contributed by atoms with E-state index in [2.05, 4.69) is 0 Å². The van der Waals surface area contributed by atoms with E-state index < -0.39 is 57.2 Å². The minimum atomic E-state index is -3.39. The van der Waals surface area contributed by atoms with Crippen LogP contribution in [-0.2, 0) is 29.7 Å². The van der Waals surface area contributed by atoms with Gasteiger partial charge in [-0.3, -0.25) is 4.90 Å². The Bertz CT molecular complexity index is 1180. The average molecular weight is 461 g/mol. The van der Waals surface area contributed by atoms with Gasteiger partial charge in [0.05, 0.1) is 12.8 Å². The second-order valence-corrected chi connectivity index (χ2v) is 9.37. The van der Waals surface area contributed by atoms with Crippen molar-refractivity contribution < 1.29 is 35.2 Å². The maximum Gasteiger partial charge on any atom is 0.324 e. The number of urea groups is 1. The quantitative estimate of drug-likeness (QED) is 0.400. The van der Waals surface area contributed by atoms with E-state index in [1.165, 1.54) is 9.21 Å². The summed E-state index contributed by atoms with van der Waals surface area (Å²) in [5, 5.41) is 0. The fourth-order valence-corrected chi connectivity index (χ4v) is 4.45. The van der Waals surface area contributed by atoms with Crippen LogP contribution in [0.4, 0.5) is 32.4 Å². The standard InChI is InChI=1S/C19H16F5N3O3S/c1-31(29,30)26-7-10-2-3-12(6-11(10)8-26)27-5-4-25(19(27)28)9-13-14(20)16(22)18(24)17(23)15(13)21/h2-3,6H,4-5,7-9H2,1H3. The molecule has 0 saturated carbocycles. The molecule has 166 valence electrons. The lowest BCUT2D eigenvalue weighted by Crippen LogP contribution is -2.32. The van der Waals surface area contributed by atoms with Crippen molar-refractivity contribution in [2.24, 2.45) is 0 Å². The highest BCUT2D eigenvalue weighted by Gasteiger charge is 2.34. The van der Waals surface area contributed by atoms with Gasteiger partial charge in [-0.1, -0.05) is 6.07 Å². The molecule has 1 fully saturated rings. The van der Waals surface area contributed by atoms with E-state index in [4.69, 9.17) is 0 Å². The Hall–Kier alpha value is -2.73. The first-order chi connectivity index (χ1) is 14.5. The molecule has 2 aromatic rings. The van der Waals surface area contributed by atoms with Gasteiger partial charge in [0.25, 0.3) is 0 Å². The number of anilines is 1. The third-order valence-corrected chi connectivity index (χ3v) is 6.60. The lowest BCUT2D eigenvalue weighted by atomic mass is 10.1. The van der Waals surface area contributed by atoms with Crippen molar-refractivity contribution in [3.05, 3.63) is 64.0 Å². The summed E-state index contributed by atoms with van der Waals surface area (Å²) in [5.41, 5.74) is 0.872. The number of rotatable bonds is 4. The molecule has 2 amide bonds. The summed E-state index contributed by atoms with van der Waals surface area (Å²) in [5.74, 6) is -10.3. The molecule has 0 aromatic heterocycles. The van der Waals surface area contributed by atoms with Crippen LogP contribution in [0.3, 0.4) is 0 Å². The van der Waals surface area contributed by atoms with Crippen LogP contribution in [0.5, 0.6) is 0 Å². The van der Waals surface area contributed by atoms with Crippen molar-refractivity contribution in [1.82, 2.24) is 9.21 Å². The Balaban J connectivity index is 1.56. The number of fused-ring (bicyclic) bond motifs is 1. The van der Waals surface area contributed by atoms with E-state index in [0.29, 0.717) is 11.3 Å². The Morgan fingerprint density at radius 3 is 2.06 bits per heavy atom. The van der Waals surface area contributed by atoms with Crippen molar-refractivity contribution in [2.45, 2.75) is 19.6 Å². The summed E-state index contributed by atoms with van der Waals surface area (Å²) in [6.45, 7) is -0.283. The number of carbonyl (C=O) groups is 1. The molecule has 4 rings (SSSR count). The van der Waals surface area contributed by atoms with Gasteiger partial charge in [-0.15, -0.1) is 0 Å². The van der Waals surface area contributed by atoms with E-state index in [1.807, 2.05) is 0 Å². The number of hydrogen-bond donors (Lipinski definition) is 0. The van der Waals surface area contributed by atoms with Crippen LogP contribution in [0, 0.1) is 29.1 Å². The first kappa shape index (κ1) is 21.5. The number of sulfonamides is 1. The molecule has 6 nitrogen and oxygen atoms in total. The van der Waals surface area contributed by atoms with Crippen LogP contribution in [-0.4, -0.2) is 43.0 Å². The van der Waals surface area contributed by atoms with Crippen molar-refractivity contribution in [3.63, 3.8) is 0 Å². The lowest BCUT2D eigenvalue weighted by Gasteiger charge is -2.20. The van der Waals surface area contributed by atoms with Crippen LogP contribution in [0.1, 0.15) is 16.7 Å². The SMILES string of the molecule is CS(=O)(=O)N1Cc2ccc(N3CCN(Cc4c(F)c(F)c(F)c(F)c4F)C3=O)cc2C1. The number of amides is 2. The van der Waals surface area contributed by atoms with E-state index in [1.54, 1.807) is 18.2 Å². The van der Waals surface area contributed by atoms with Crippen LogP contribution in [0.25, 0.3) is 0 Å². The lowest BCUT2D eigenvalue weighted by molar-refractivity contribution is 0.216. The van der Waals surface area contributed by atoms with Crippen molar-refractivity contribution in [3.8, 4) is 0 Å². The second kappa shape index (κ2) is 7.45. The van der Waals surface area contributed by atoms with Crippen LogP contribution in [0.2, 0.25) is 0 Å². The Morgan fingerprint density at radius 2 is 1.45 bits per heavy atom. The average Bonchev–Trinajstić information content (AvgIpc) is 3.31. The molecule has 0 radical (unpaired) electrons. The van der Waals surface area contributed by atoms with Crippen molar-refractivity contribution >= 4 is 21.7 Å². The monoisotopic (exact) mass is 461 g/mol. The summed E-state index contributed by atoms with van der Waals surface area (Å²) in [6.07, 6.45) is 1.10. The minimum absolute atomic E-state index is 0.00484. The van der Waals surface area contributed by atoms with Crippen LogP contribution in [0.15, 0.2) is 18.2 Å². The molecule has 0 aliphatic carbocycles. The molecule has 2 aliphatic rings. The second-order valence-electron chi connectivity index (χ2n) is 7.39. The summed E-state index contributed by atoms with van der Waals surface area (Å²) in [7, 11) is -3.39. The van der Waals surface area contributed by atoms with Crippen LogP contribution >= 0.6 is 0 Å². The highest BCUT2D eigenvalue weighted by molar-refractivity contribution is 7.88.